The number of halogens is 1. The van der Waals surface area contributed by atoms with E-state index < -0.39 is 5.82 Å². The number of nitrogens with zero attached hydrogens (tertiary/aromatic N) is 2. The number of nitrogens with two attached hydrogens (primary N) is 1. The second-order valence-electron chi connectivity index (χ2n) is 3.62. The summed E-state index contributed by atoms with van der Waals surface area (Å²) in [6, 6.07) is 0.287. The van der Waals surface area contributed by atoms with E-state index >= 15 is 0 Å². The molecule has 0 aliphatic heterocycles. The Morgan fingerprint density at radius 2 is 2.38 bits per heavy atom. The normalized spacial score (nSPS) is 14.6. The Balaban J connectivity index is 1.87. The van der Waals surface area contributed by atoms with Crippen molar-refractivity contribution in [2.45, 2.75) is 18.9 Å². The third-order valence-corrected chi connectivity index (χ3v) is 2.12. The molecule has 1 saturated carbocycles. The highest BCUT2D eigenvalue weighted by molar-refractivity contribution is 5.81. The van der Waals surface area contributed by atoms with Gasteiger partial charge in [-0.15, -0.1) is 0 Å². The highest BCUT2D eigenvalue weighted by atomic mass is 19.1. The first kappa shape index (κ1) is 10.6. The molecule has 4 N–H and O–H groups in total. The number of anilines is 2. The van der Waals surface area contributed by atoms with Crippen LogP contribution in [0.3, 0.4) is 0 Å². The number of nitrogens with one attached hydrogen (secondary N) is 2. The van der Waals surface area contributed by atoms with Gasteiger partial charge in [-0.1, -0.05) is 0 Å². The number of amides is 1. The average Bonchev–Trinajstić information content (AvgIpc) is 3.03. The highest BCUT2D eigenvalue weighted by Gasteiger charge is 2.23. The summed E-state index contributed by atoms with van der Waals surface area (Å²) >= 11 is 0. The second kappa shape index (κ2) is 4.30. The number of carbonyl (C=O) groups excluding carboxylic acids is 1. The third kappa shape index (κ3) is 2.78. The minimum atomic E-state index is -0.631. The monoisotopic (exact) mass is 225 g/mol. The standard InChI is InChI=1S/C9H12FN5O/c10-6-3-13-9(11)15-8(6)12-4-7(16)14-5-1-2-5/h3,5H,1-2,4H2,(H,14,16)(H3,11,12,13,15). The number of rotatable bonds is 4. The molecule has 0 saturated heterocycles. The second-order valence-corrected chi connectivity index (χ2v) is 3.62. The van der Waals surface area contributed by atoms with Crippen molar-refractivity contribution in [3.8, 4) is 0 Å². The molecule has 1 aromatic heterocycles. The molecule has 1 amide bonds. The fourth-order valence-electron chi connectivity index (χ4n) is 1.18. The Morgan fingerprint density at radius 3 is 3.06 bits per heavy atom. The van der Waals surface area contributed by atoms with Crippen LogP contribution in [0.25, 0.3) is 0 Å². The molecule has 6 nitrogen and oxygen atoms in total. The van der Waals surface area contributed by atoms with E-state index in [1.807, 2.05) is 0 Å². The van der Waals surface area contributed by atoms with E-state index in [9.17, 15) is 9.18 Å². The fraction of sp³-hybridized carbons (Fsp3) is 0.444. The van der Waals surface area contributed by atoms with Gasteiger partial charge in [-0.05, 0) is 12.8 Å². The summed E-state index contributed by atoms with van der Waals surface area (Å²) in [7, 11) is 0. The van der Waals surface area contributed by atoms with Gasteiger partial charge in [0.25, 0.3) is 0 Å². The molecule has 86 valence electrons. The Bertz CT molecular complexity index is 407. The Hall–Kier alpha value is -1.92. The van der Waals surface area contributed by atoms with E-state index in [0.717, 1.165) is 19.0 Å². The molecule has 0 bridgehead atoms. The summed E-state index contributed by atoms with van der Waals surface area (Å²) in [6.45, 7) is -0.0239. The van der Waals surface area contributed by atoms with E-state index in [4.69, 9.17) is 5.73 Å². The van der Waals surface area contributed by atoms with Crippen molar-refractivity contribution >= 4 is 17.7 Å². The number of aromatic nitrogens is 2. The molecule has 16 heavy (non-hydrogen) atoms. The van der Waals surface area contributed by atoms with Crippen LogP contribution in [0.4, 0.5) is 16.2 Å². The van der Waals surface area contributed by atoms with Gasteiger partial charge in [0, 0.05) is 6.04 Å². The molecule has 0 aromatic carbocycles. The van der Waals surface area contributed by atoms with Crippen LogP contribution in [0.5, 0.6) is 0 Å². The minimum absolute atomic E-state index is 0.0239. The SMILES string of the molecule is Nc1ncc(F)c(NCC(=O)NC2CC2)n1. The van der Waals surface area contributed by atoms with E-state index in [2.05, 4.69) is 20.6 Å². The maximum absolute atomic E-state index is 13.1. The first-order valence-corrected chi connectivity index (χ1v) is 4.96. The number of carbonyl (C=O) groups is 1. The van der Waals surface area contributed by atoms with Gasteiger partial charge in [0.1, 0.15) is 0 Å². The first-order chi connectivity index (χ1) is 7.65. The predicted octanol–water partition coefficient (Wildman–Crippen LogP) is -0.112. The van der Waals surface area contributed by atoms with Crippen molar-refractivity contribution in [3.05, 3.63) is 12.0 Å². The fourth-order valence-corrected chi connectivity index (χ4v) is 1.18. The van der Waals surface area contributed by atoms with Crippen LogP contribution in [0.1, 0.15) is 12.8 Å². The smallest absolute Gasteiger partial charge is 0.239 e. The molecule has 1 aliphatic rings. The van der Waals surface area contributed by atoms with Gasteiger partial charge < -0.3 is 16.4 Å². The topological polar surface area (TPSA) is 92.9 Å². The molecule has 1 aromatic rings. The lowest BCUT2D eigenvalue weighted by Crippen LogP contribution is -2.31. The van der Waals surface area contributed by atoms with Gasteiger partial charge >= 0.3 is 0 Å². The number of nitrogen functional groups attached to an aromatic ring is 1. The van der Waals surface area contributed by atoms with Crippen LogP contribution in [0.2, 0.25) is 0 Å². The van der Waals surface area contributed by atoms with Crippen LogP contribution in [-0.4, -0.2) is 28.5 Å². The van der Waals surface area contributed by atoms with Gasteiger partial charge in [-0.3, -0.25) is 4.79 Å². The van der Waals surface area contributed by atoms with Crippen molar-refractivity contribution in [3.63, 3.8) is 0 Å². The molecule has 0 atom stereocenters. The molecule has 1 fully saturated rings. The van der Waals surface area contributed by atoms with Crippen molar-refractivity contribution in [2.24, 2.45) is 0 Å². The zero-order valence-electron chi connectivity index (χ0n) is 8.53. The molecule has 0 spiro atoms. The van der Waals surface area contributed by atoms with Crippen LogP contribution < -0.4 is 16.4 Å². The molecule has 0 unspecified atom stereocenters. The molecule has 0 radical (unpaired) electrons. The van der Waals surface area contributed by atoms with Gasteiger partial charge in [0.05, 0.1) is 12.7 Å². The Labute approximate surface area is 91.5 Å². The Morgan fingerprint density at radius 1 is 1.62 bits per heavy atom. The molecule has 7 heteroatoms. The molecule has 2 rings (SSSR count). The maximum atomic E-state index is 13.1. The number of hydrogen-bond donors (Lipinski definition) is 3. The van der Waals surface area contributed by atoms with Gasteiger partial charge in [0.15, 0.2) is 11.6 Å². The third-order valence-electron chi connectivity index (χ3n) is 2.12. The quantitative estimate of drug-likeness (QED) is 0.664. The summed E-state index contributed by atoms with van der Waals surface area (Å²) in [5, 5.41) is 5.33. The van der Waals surface area contributed by atoms with Gasteiger partial charge in [-0.25, -0.2) is 9.37 Å². The Kier molecular flexibility index (Phi) is 2.84. The molecule has 1 aliphatic carbocycles. The summed E-state index contributed by atoms with van der Waals surface area (Å²) in [5.41, 5.74) is 5.30. The van der Waals surface area contributed by atoms with Crippen molar-refractivity contribution in [1.29, 1.82) is 0 Å². The van der Waals surface area contributed by atoms with E-state index in [1.54, 1.807) is 0 Å². The molecule has 1 heterocycles. The first-order valence-electron chi connectivity index (χ1n) is 4.96. The van der Waals surface area contributed by atoms with Crippen LogP contribution in [-0.2, 0) is 4.79 Å². The number of hydrogen-bond acceptors (Lipinski definition) is 5. The summed E-state index contributed by atoms with van der Waals surface area (Å²) in [4.78, 5) is 18.4. The summed E-state index contributed by atoms with van der Waals surface area (Å²) in [5.74, 6) is -0.905. The average molecular weight is 225 g/mol. The highest BCUT2D eigenvalue weighted by Crippen LogP contribution is 2.18. The zero-order chi connectivity index (χ0) is 11.5. The summed E-state index contributed by atoms with van der Waals surface area (Å²) in [6.07, 6.45) is 2.99. The lowest BCUT2D eigenvalue weighted by molar-refractivity contribution is -0.119. The van der Waals surface area contributed by atoms with Crippen LogP contribution >= 0.6 is 0 Å². The largest absolute Gasteiger partial charge is 0.368 e. The van der Waals surface area contributed by atoms with Gasteiger partial charge in [0.2, 0.25) is 11.9 Å². The zero-order valence-corrected chi connectivity index (χ0v) is 8.53. The predicted molar refractivity (Wildman–Crippen MR) is 56.1 cm³/mol. The van der Waals surface area contributed by atoms with E-state index in [0.29, 0.717) is 0 Å². The lowest BCUT2D eigenvalue weighted by Gasteiger charge is -2.06. The molecular formula is C9H12FN5O. The van der Waals surface area contributed by atoms with E-state index in [-0.39, 0.29) is 30.3 Å². The van der Waals surface area contributed by atoms with Gasteiger partial charge in [-0.2, -0.15) is 4.98 Å². The van der Waals surface area contributed by atoms with Crippen LogP contribution in [0.15, 0.2) is 6.20 Å². The van der Waals surface area contributed by atoms with Crippen molar-refractivity contribution in [2.75, 3.05) is 17.6 Å². The van der Waals surface area contributed by atoms with Crippen molar-refractivity contribution in [1.82, 2.24) is 15.3 Å². The lowest BCUT2D eigenvalue weighted by atomic mass is 10.5. The minimum Gasteiger partial charge on any atom is -0.368 e. The van der Waals surface area contributed by atoms with E-state index in [1.165, 1.54) is 0 Å². The van der Waals surface area contributed by atoms with Crippen LogP contribution in [0, 0.1) is 5.82 Å². The van der Waals surface area contributed by atoms with Crippen molar-refractivity contribution < 1.29 is 9.18 Å². The maximum Gasteiger partial charge on any atom is 0.239 e. The molecular weight excluding hydrogens is 213 g/mol. The summed E-state index contributed by atoms with van der Waals surface area (Å²) < 4.78 is 13.1.